The van der Waals surface area contributed by atoms with Crippen molar-refractivity contribution >= 4 is 28.1 Å². The van der Waals surface area contributed by atoms with E-state index in [9.17, 15) is 19.6 Å². The molecule has 1 unspecified atom stereocenters. The first-order valence-corrected chi connectivity index (χ1v) is 30.4. The molecule has 1 atom stereocenters. The molecule has 0 amide bonds. The van der Waals surface area contributed by atoms with Crippen LogP contribution >= 0.6 is 11.6 Å². The lowest BCUT2D eigenvalue weighted by molar-refractivity contribution is -0.384. The second kappa shape index (κ2) is 36.4. The highest BCUT2D eigenvalue weighted by molar-refractivity contribution is 6.30. The van der Waals surface area contributed by atoms with Gasteiger partial charge >= 0.3 is 0 Å². The van der Waals surface area contributed by atoms with E-state index < -0.39 is 6.10 Å². The summed E-state index contributed by atoms with van der Waals surface area (Å²) in [5.41, 5.74) is 12.6. The number of halogens is 2. The van der Waals surface area contributed by atoms with Crippen LogP contribution in [0.2, 0.25) is 5.02 Å². The summed E-state index contributed by atoms with van der Waals surface area (Å²) in [6, 6.07) is 67.4. The monoisotopic (exact) mass is 1180 g/mol. The number of aliphatic hydroxyl groups excluding tert-OH is 2. The molecule has 0 aromatic heterocycles. The van der Waals surface area contributed by atoms with E-state index in [-0.39, 0.29) is 23.0 Å². The maximum Gasteiger partial charge on any atom is 0.269 e. The zero-order valence-corrected chi connectivity index (χ0v) is 54.1. The Kier molecular flexibility index (Phi) is 30.0. The summed E-state index contributed by atoms with van der Waals surface area (Å²) in [5, 5.41) is 32.8. The molecular weight excluding hydrogens is 1090 g/mol. The van der Waals surface area contributed by atoms with Gasteiger partial charge in [-0.05, 0) is 140 Å². The van der Waals surface area contributed by atoms with Crippen LogP contribution in [0.4, 0.5) is 10.1 Å². The number of hydrogen-bond acceptors (Lipinski definition) is 6. The van der Waals surface area contributed by atoms with Crippen molar-refractivity contribution in [1.29, 1.82) is 0 Å². The fourth-order valence-corrected chi connectivity index (χ4v) is 8.87. The zero-order chi connectivity index (χ0) is 63.5. The Hall–Kier alpha value is -7.62. The number of nitrogens with zero attached hydrogens (tertiary/aromatic N) is 1. The standard InChI is InChI=1S/C16H18O.C13H14.C10H13FO.C10H12O2.C10H14.C9H11Cl.C9H11NO2/c1-12(2)13-8-10-15(11-9-13)16(17)14-6-4-3-5-7-14;1-10(2)12-9-5-7-11-6-3-4-8-13(11)12;1-7(2)8-3-4-9(6-12)10(11)5-8;1-7(2)8-3-4-9-10(5-8)12-6-11-9;1-8(2)10-6-4-9(3)5-7-10;1-7(2)8-3-5-9(10)6-4-8;1-7(2)8-3-5-9(6-4-8)10(11)12/h3-12,16-17H,1-2H3;3-10H,1-2H3;3-5,7,12H,6H2,1-2H3;3-5,7H,6H2,1-2H3;4-8H,1-3H3;3-7H,1-2H3;3-7H,1-2H3. The van der Waals surface area contributed by atoms with Crippen LogP contribution in [-0.4, -0.2) is 21.9 Å². The number of non-ortho nitro benzene ring substituents is 1. The van der Waals surface area contributed by atoms with E-state index in [1.54, 1.807) is 18.2 Å². The third-order valence-corrected chi connectivity index (χ3v) is 14.8. The molecular formula is C77H93ClFNO6. The maximum atomic E-state index is 13.1. The molecule has 9 heteroatoms. The van der Waals surface area contributed by atoms with Crippen molar-refractivity contribution in [2.45, 2.75) is 158 Å². The van der Waals surface area contributed by atoms with E-state index in [1.165, 1.54) is 62.4 Å². The normalized spacial score (nSPS) is 11.5. The summed E-state index contributed by atoms with van der Waals surface area (Å²) in [5.74, 6) is 5.09. The quantitative estimate of drug-likeness (QED) is 0.0988. The average molecular weight is 1180 g/mol. The predicted octanol–water partition coefficient (Wildman–Crippen LogP) is 22.1. The zero-order valence-electron chi connectivity index (χ0n) is 53.4. The summed E-state index contributed by atoms with van der Waals surface area (Å²) < 4.78 is 23.5. The number of rotatable bonds is 11. The van der Waals surface area contributed by atoms with Crippen LogP contribution in [0.3, 0.4) is 0 Å². The van der Waals surface area contributed by atoms with E-state index in [1.807, 2.05) is 86.6 Å². The van der Waals surface area contributed by atoms with Gasteiger partial charge in [-0.2, -0.15) is 0 Å². The molecule has 0 aliphatic carbocycles. The first kappa shape index (κ1) is 70.9. The molecule has 0 fully saturated rings. The van der Waals surface area contributed by atoms with Crippen LogP contribution in [0.1, 0.15) is 206 Å². The van der Waals surface area contributed by atoms with Gasteiger partial charge < -0.3 is 19.7 Å². The van der Waals surface area contributed by atoms with Gasteiger partial charge in [-0.15, -0.1) is 0 Å². The number of ether oxygens (including phenoxy) is 2. The molecule has 9 aromatic carbocycles. The van der Waals surface area contributed by atoms with Crippen LogP contribution < -0.4 is 9.47 Å². The summed E-state index contributed by atoms with van der Waals surface area (Å²) >= 11 is 5.72. The number of nitro groups is 1. The van der Waals surface area contributed by atoms with Crippen LogP contribution in [0.5, 0.6) is 11.5 Å². The molecule has 0 bridgehead atoms. The van der Waals surface area contributed by atoms with Crippen molar-refractivity contribution in [3.8, 4) is 11.5 Å². The topological polar surface area (TPSA) is 102 Å². The Morgan fingerprint density at radius 1 is 0.465 bits per heavy atom. The highest BCUT2D eigenvalue weighted by Crippen LogP contribution is 2.34. The van der Waals surface area contributed by atoms with Gasteiger partial charge in [0, 0.05) is 22.7 Å². The molecule has 86 heavy (non-hydrogen) atoms. The fourth-order valence-electron chi connectivity index (χ4n) is 8.75. The Labute approximate surface area is 519 Å². The molecule has 0 radical (unpaired) electrons. The first-order chi connectivity index (χ1) is 40.9. The Bertz CT molecular complexity index is 3310. The van der Waals surface area contributed by atoms with Crippen LogP contribution in [0.15, 0.2) is 206 Å². The third kappa shape index (κ3) is 23.7. The van der Waals surface area contributed by atoms with Gasteiger partial charge in [-0.25, -0.2) is 4.39 Å². The summed E-state index contributed by atoms with van der Waals surface area (Å²) in [6.45, 7) is 32.3. The second-order valence-corrected chi connectivity index (χ2v) is 24.0. The molecule has 1 aliphatic heterocycles. The number of fused-ring (bicyclic) bond motifs is 2. The number of benzene rings is 9. The van der Waals surface area contributed by atoms with Crippen molar-refractivity contribution < 1.29 is 29.0 Å². The fraction of sp³-hybridized carbons (Fsp3) is 0.325. The van der Waals surface area contributed by atoms with Crippen LogP contribution in [0, 0.1) is 22.9 Å². The van der Waals surface area contributed by atoms with Crippen LogP contribution in [0.25, 0.3) is 10.8 Å². The smallest absolute Gasteiger partial charge is 0.269 e. The lowest BCUT2D eigenvalue weighted by Gasteiger charge is -2.13. The van der Waals surface area contributed by atoms with Gasteiger partial charge in [0.2, 0.25) is 6.79 Å². The number of nitro benzene ring substituents is 1. The van der Waals surface area contributed by atoms with Gasteiger partial charge in [0.1, 0.15) is 11.9 Å². The van der Waals surface area contributed by atoms with E-state index in [2.05, 4.69) is 187 Å². The van der Waals surface area contributed by atoms with Crippen molar-refractivity contribution in [3.05, 3.63) is 288 Å². The molecule has 0 saturated heterocycles. The summed E-state index contributed by atoms with van der Waals surface area (Å²) in [6.07, 6.45) is -0.530. The van der Waals surface area contributed by atoms with Gasteiger partial charge in [-0.3, -0.25) is 10.1 Å². The minimum absolute atomic E-state index is 0.152. The minimum Gasteiger partial charge on any atom is -0.454 e. The SMILES string of the molecule is CC(C)c1ccc(C(O)c2ccccc2)cc1.CC(C)c1ccc(CO)c(F)c1.CC(C)c1ccc(Cl)cc1.CC(C)c1ccc([N+](=O)[O-])cc1.CC(C)c1ccc2c(c1)OCO2.CC(C)c1cccc2ccccc12.Cc1ccc(C(C)C)cc1. The Morgan fingerprint density at radius 2 is 0.872 bits per heavy atom. The molecule has 0 spiro atoms. The molecule has 456 valence electrons. The Balaban J connectivity index is 0.000000216. The van der Waals surface area contributed by atoms with Gasteiger partial charge in [-0.1, -0.05) is 278 Å². The lowest BCUT2D eigenvalue weighted by atomic mass is 9.96. The summed E-state index contributed by atoms with van der Waals surface area (Å²) in [7, 11) is 0. The lowest BCUT2D eigenvalue weighted by Crippen LogP contribution is -1.99. The summed E-state index contributed by atoms with van der Waals surface area (Å²) in [4.78, 5) is 9.90. The van der Waals surface area contributed by atoms with E-state index >= 15 is 0 Å². The molecule has 10 rings (SSSR count). The van der Waals surface area contributed by atoms with Crippen molar-refractivity contribution in [3.63, 3.8) is 0 Å². The molecule has 9 aromatic rings. The minimum atomic E-state index is -0.530. The molecule has 2 N–H and O–H groups in total. The van der Waals surface area contributed by atoms with Gasteiger partial charge in [0.15, 0.2) is 11.5 Å². The molecule has 7 nitrogen and oxygen atoms in total. The van der Waals surface area contributed by atoms with E-state index in [0.29, 0.717) is 53.8 Å². The van der Waals surface area contributed by atoms with Gasteiger partial charge in [0.05, 0.1) is 11.5 Å². The molecule has 0 saturated carbocycles. The van der Waals surface area contributed by atoms with E-state index in [0.717, 1.165) is 38.8 Å². The second-order valence-electron chi connectivity index (χ2n) is 23.6. The first-order valence-electron chi connectivity index (χ1n) is 30.1. The number of hydrogen-bond donors (Lipinski definition) is 2. The number of aliphatic hydroxyl groups is 2. The average Bonchev–Trinajstić information content (AvgIpc) is 4.12. The van der Waals surface area contributed by atoms with E-state index in [4.69, 9.17) is 26.2 Å². The predicted molar refractivity (Wildman–Crippen MR) is 360 cm³/mol. The van der Waals surface area contributed by atoms with Gasteiger partial charge in [0.25, 0.3) is 5.69 Å². The highest BCUT2D eigenvalue weighted by Gasteiger charge is 2.14. The Morgan fingerprint density at radius 3 is 1.36 bits per heavy atom. The molecule has 1 aliphatic rings. The van der Waals surface area contributed by atoms with Crippen LogP contribution in [-0.2, 0) is 6.61 Å². The van der Waals surface area contributed by atoms with Crippen molar-refractivity contribution in [2.75, 3.05) is 6.79 Å². The van der Waals surface area contributed by atoms with Crippen molar-refractivity contribution in [1.82, 2.24) is 0 Å². The highest BCUT2D eigenvalue weighted by atomic mass is 35.5. The van der Waals surface area contributed by atoms with Crippen molar-refractivity contribution in [2.24, 2.45) is 0 Å². The largest absolute Gasteiger partial charge is 0.454 e. The molecule has 1 heterocycles. The number of aryl methyl sites for hydroxylation is 1. The maximum absolute atomic E-state index is 13.1. The third-order valence-electron chi connectivity index (χ3n) is 14.5.